The van der Waals surface area contributed by atoms with Crippen LogP contribution in [0, 0.1) is 5.82 Å². The first-order chi connectivity index (χ1) is 15.2. The molecule has 0 atom stereocenters. The van der Waals surface area contributed by atoms with Gasteiger partial charge in [-0.15, -0.1) is 0 Å². The lowest BCUT2D eigenvalue weighted by molar-refractivity contribution is 0.101. The Labute approximate surface area is 188 Å². The van der Waals surface area contributed by atoms with Crippen LogP contribution in [0.5, 0.6) is 0 Å². The first-order valence-corrected chi connectivity index (χ1v) is 11.3. The monoisotopic (exact) mass is 473 g/mol. The van der Waals surface area contributed by atoms with Crippen LogP contribution in [-0.2, 0) is 16.6 Å². The van der Waals surface area contributed by atoms with E-state index in [9.17, 15) is 22.4 Å². The lowest BCUT2D eigenvalue weighted by atomic mass is 10.1. The Hall–Kier alpha value is -3.27. The molecular weight excluding hydrogens is 457 g/mol. The highest BCUT2D eigenvalue weighted by Gasteiger charge is 2.31. The summed E-state index contributed by atoms with van der Waals surface area (Å²) in [5, 5.41) is 2.51. The van der Waals surface area contributed by atoms with Crippen molar-refractivity contribution in [2.45, 2.75) is 18.4 Å². The highest BCUT2D eigenvalue weighted by atomic mass is 35.5. The van der Waals surface area contributed by atoms with E-state index in [0.717, 1.165) is 10.5 Å². The molecule has 3 aromatic carbocycles. The number of Topliss-reactive ketones (excluding diaryl/α,β-unsaturated/α-hetero) is 1. The van der Waals surface area contributed by atoms with Crippen molar-refractivity contribution in [1.82, 2.24) is 5.43 Å². The van der Waals surface area contributed by atoms with Gasteiger partial charge in [0.25, 0.3) is 15.9 Å². The lowest BCUT2D eigenvalue weighted by Crippen LogP contribution is -2.38. The Morgan fingerprint density at radius 3 is 2.47 bits per heavy atom. The number of sulfonamides is 1. The summed E-state index contributed by atoms with van der Waals surface area (Å²) in [6.45, 7) is 1.65. The second-order valence-electron chi connectivity index (χ2n) is 7.08. The van der Waals surface area contributed by atoms with Crippen molar-refractivity contribution < 1.29 is 22.4 Å². The third-order valence-electron chi connectivity index (χ3n) is 4.96. The van der Waals surface area contributed by atoms with Gasteiger partial charge in [-0.3, -0.25) is 9.59 Å². The van der Waals surface area contributed by atoms with Gasteiger partial charge in [-0.1, -0.05) is 35.9 Å². The zero-order chi connectivity index (χ0) is 23.0. The number of hydrazine groups is 1. The van der Waals surface area contributed by atoms with Gasteiger partial charge >= 0.3 is 0 Å². The van der Waals surface area contributed by atoms with Crippen molar-refractivity contribution in [2.24, 2.45) is 0 Å². The smallest absolute Gasteiger partial charge is 0.277 e. The largest absolute Gasteiger partial charge is 0.322 e. The Kier molecular flexibility index (Phi) is 5.72. The molecule has 4 rings (SSSR count). The van der Waals surface area contributed by atoms with E-state index < -0.39 is 21.7 Å². The summed E-state index contributed by atoms with van der Waals surface area (Å²) in [4.78, 5) is 24.0. The minimum atomic E-state index is -3.99. The van der Waals surface area contributed by atoms with Gasteiger partial charge in [-0.25, -0.2) is 9.82 Å². The van der Waals surface area contributed by atoms with Crippen molar-refractivity contribution in [2.75, 3.05) is 9.73 Å². The number of fused-ring (bicyclic) bond motifs is 1. The highest BCUT2D eigenvalue weighted by molar-refractivity contribution is 7.92. The Bertz CT molecular complexity index is 1320. The number of hydrogen-bond donors (Lipinski definition) is 2. The number of nitrogens with zero attached hydrogens (tertiary/aromatic N) is 1. The molecule has 3 aromatic rings. The molecule has 0 bridgehead atoms. The van der Waals surface area contributed by atoms with E-state index in [1.165, 1.54) is 49.4 Å². The first kappa shape index (κ1) is 21.9. The van der Waals surface area contributed by atoms with Gasteiger partial charge in [0.05, 0.1) is 21.2 Å². The molecule has 1 heterocycles. The fourth-order valence-corrected chi connectivity index (χ4v) is 4.92. The van der Waals surface area contributed by atoms with E-state index >= 15 is 0 Å². The first-order valence-electron chi connectivity index (χ1n) is 9.46. The molecule has 7 nitrogen and oxygen atoms in total. The molecule has 0 radical (unpaired) electrons. The number of amides is 1. The molecule has 1 amide bonds. The van der Waals surface area contributed by atoms with Gasteiger partial charge in [0.15, 0.2) is 5.78 Å². The molecule has 0 saturated heterocycles. The molecule has 2 N–H and O–H groups in total. The van der Waals surface area contributed by atoms with E-state index in [0.29, 0.717) is 16.8 Å². The third kappa shape index (κ3) is 3.97. The molecule has 0 unspecified atom stereocenters. The topological polar surface area (TPSA) is 95.6 Å². The molecule has 0 aromatic heterocycles. The van der Waals surface area contributed by atoms with Crippen LogP contribution >= 0.6 is 11.6 Å². The average Bonchev–Trinajstić information content (AvgIpc) is 3.18. The van der Waals surface area contributed by atoms with Crippen LogP contribution in [0.15, 0.2) is 65.6 Å². The minimum absolute atomic E-state index is 0.00423. The van der Waals surface area contributed by atoms with Gasteiger partial charge in [-0.05, 0) is 48.9 Å². The lowest BCUT2D eigenvalue weighted by Gasteiger charge is -2.20. The van der Waals surface area contributed by atoms with Crippen molar-refractivity contribution in [3.05, 3.63) is 88.2 Å². The van der Waals surface area contributed by atoms with Gasteiger partial charge in [0.1, 0.15) is 5.82 Å². The summed E-state index contributed by atoms with van der Waals surface area (Å²) in [7, 11) is -3.99. The van der Waals surface area contributed by atoms with Crippen molar-refractivity contribution in [3.8, 4) is 0 Å². The second kappa shape index (κ2) is 8.34. The van der Waals surface area contributed by atoms with E-state index in [4.69, 9.17) is 11.6 Å². The predicted molar refractivity (Wildman–Crippen MR) is 119 cm³/mol. The zero-order valence-electron chi connectivity index (χ0n) is 16.7. The van der Waals surface area contributed by atoms with E-state index in [1.54, 1.807) is 12.1 Å². The summed E-state index contributed by atoms with van der Waals surface area (Å²) in [5.74, 6) is -1.70. The molecule has 0 aliphatic carbocycles. The van der Waals surface area contributed by atoms with Crippen LogP contribution in [0.4, 0.5) is 15.8 Å². The van der Waals surface area contributed by atoms with Crippen LogP contribution in [0.3, 0.4) is 0 Å². The van der Waals surface area contributed by atoms with Gasteiger partial charge in [0, 0.05) is 17.8 Å². The van der Waals surface area contributed by atoms with Gasteiger partial charge < -0.3 is 5.32 Å². The summed E-state index contributed by atoms with van der Waals surface area (Å²) < 4.78 is 41.3. The molecule has 0 spiro atoms. The fraction of sp³-hybridized carbons (Fsp3) is 0.0909. The highest BCUT2D eigenvalue weighted by Crippen LogP contribution is 2.33. The average molecular weight is 474 g/mol. The number of rotatable bonds is 5. The number of carbonyl (C=O) groups is 2. The number of hydrogen-bond acceptors (Lipinski definition) is 5. The molecule has 0 saturated carbocycles. The Morgan fingerprint density at radius 1 is 1.09 bits per heavy atom. The van der Waals surface area contributed by atoms with Gasteiger partial charge in [-0.2, -0.15) is 12.8 Å². The maximum atomic E-state index is 14.0. The molecule has 164 valence electrons. The fourth-order valence-electron chi connectivity index (χ4n) is 3.31. The number of carbonyl (C=O) groups excluding carboxylic acids is 2. The van der Waals surface area contributed by atoms with Crippen LogP contribution < -0.4 is 15.2 Å². The summed E-state index contributed by atoms with van der Waals surface area (Å²) in [5.41, 5.74) is 4.18. The Balaban J connectivity index is 1.64. The van der Waals surface area contributed by atoms with Crippen LogP contribution in [0.1, 0.15) is 33.2 Å². The molecule has 10 heteroatoms. The standard InChI is InChI=1S/C22H17ClFN3O4S/c1-13(28)14-6-9-17(10-7-14)32(30,31)27-20-11-16(8-5-15(20)12-25-27)26-22(29)21-18(23)3-2-4-19(21)24/h2-11,25H,12H2,1H3,(H,26,29). The summed E-state index contributed by atoms with van der Waals surface area (Å²) in [6, 6.07) is 14.2. The molecular formula is C22H17ClFN3O4S. The van der Waals surface area contributed by atoms with E-state index in [2.05, 4.69) is 10.7 Å². The van der Waals surface area contributed by atoms with E-state index in [1.807, 2.05) is 0 Å². The number of anilines is 2. The minimum Gasteiger partial charge on any atom is -0.322 e. The molecule has 32 heavy (non-hydrogen) atoms. The van der Waals surface area contributed by atoms with Crippen molar-refractivity contribution in [1.29, 1.82) is 0 Å². The maximum Gasteiger partial charge on any atom is 0.277 e. The Morgan fingerprint density at radius 2 is 1.81 bits per heavy atom. The molecule has 1 aliphatic rings. The van der Waals surface area contributed by atoms with Crippen LogP contribution in [0.2, 0.25) is 5.02 Å². The van der Waals surface area contributed by atoms with Crippen LogP contribution in [0.25, 0.3) is 0 Å². The van der Waals surface area contributed by atoms with Crippen LogP contribution in [-0.4, -0.2) is 20.1 Å². The number of halogens is 2. The normalized spacial score (nSPS) is 13.0. The molecule has 0 fully saturated rings. The number of ketones is 1. The van der Waals surface area contributed by atoms with Gasteiger partial charge in [0.2, 0.25) is 0 Å². The summed E-state index contributed by atoms with van der Waals surface area (Å²) in [6.07, 6.45) is 0. The zero-order valence-corrected chi connectivity index (χ0v) is 18.3. The van der Waals surface area contributed by atoms with Crippen molar-refractivity contribution in [3.63, 3.8) is 0 Å². The number of benzene rings is 3. The number of nitrogens with one attached hydrogen (secondary N) is 2. The van der Waals surface area contributed by atoms with Crippen molar-refractivity contribution >= 4 is 44.7 Å². The quantitative estimate of drug-likeness (QED) is 0.543. The summed E-state index contributed by atoms with van der Waals surface area (Å²) >= 11 is 5.95. The second-order valence-corrected chi connectivity index (χ2v) is 9.27. The predicted octanol–water partition coefficient (Wildman–Crippen LogP) is 4.15. The molecule has 1 aliphatic heterocycles. The van der Waals surface area contributed by atoms with E-state index in [-0.39, 0.29) is 33.5 Å². The SMILES string of the molecule is CC(=O)c1ccc(S(=O)(=O)N2NCc3ccc(NC(=O)c4c(F)cccc4Cl)cc32)cc1. The maximum absolute atomic E-state index is 14.0. The third-order valence-corrected chi connectivity index (χ3v) is 6.95.